The number of carbonyl (C=O) groups excluding carboxylic acids is 1. The first-order valence-corrected chi connectivity index (χ1v) is 7.69. The number of hydrogen-bond acceptors (Lipinski definition) is 5. The van der Waals surface area contributed by atoms with Crippen LogP contribution in [0.25, 0.3) is 0 Å². The highest BCUT2D eigenvalue weighted by Crippen LogP contribution is 2.08. The van der Waals surface area contributed by atoms with Crippen LogP contribution in [0.15, 0.2) is 0 Å². The Hall–Kier alpha value is -0.850. The Labute approximate surface area is 128 Å². The molecule has 0 bridgehead atoms. The summed E-state index contributed by atoms with van der Waals surface area (Å²) in [5, 5.41) is 12.6. The van der Waals surface area contributed by atoms with E-state index in [-0.39, 0.29) is 6.09 Å². The molecular weight excluding hydrogens is 270 g/mol. The third-order valence-corrected chi connectivity index (χ3v) is 3.17. The summed E-state index contributed by atoms with van der Waals surface area (Å²) < 4.78 is 5.19. The number of piperazine rings is 1. The molecule has 21 heavy (non-hydrogen) atoms. The number of alkyl carbamates (subject to hydrolysis) is 1. The van der Waals surface area contributed by atoms with Crippen molar-refractivity contribution >= 4 is 6.09 Å². The van der Waals surface area contributed by atoms with Gasteiger partial charge in [0.1, 0.15) is 5.60 Å². The predicted octanol–water partition coefficient (Wildman–Crippen LogP) is 0.900. The number of hydrogen-bond donors (Lipinski definition) is 2. The van der Waals surface area contributed by atoms with Crippen LogP contribution in [0.3, 0.4) is 0 Å². The first-order chi connectivity index (χ1) is 9.55. The number of ether oxygens (including phenoxy) is 1. The van der Waals surface area contributed by atoms with Crippen LogP contribution in [0.2, 0.25) is 0 Å². The average Bonchev–Trinajstić information content (AvgIpc) is 2.27. The summed E-state index contributed by atoms with van der Waals surface area (Å²) in [7, 11) is 0. The monoisotopic (exact) mass is 301 g/mol. The Morgan fingerprint density at radius 2 is 1.62 bits per heavy atom. The topological polar surface area (TPSA) is 65.0 Å². The maximum atomic E-state index is 11.5. The summed E-state index contributed by atoms with van der Waals surface area (Å²) >= 11 is 0. The van der Waals surface area contributed by atoms with E-state index in [2.05, 4.69) is 15.1 Å². The first-order valence-electron chi connectivity index (χ1n) is 7.69. The smallest absolute Gasteiger partial charge is 0.407 e. The summed E-state index contributed by atoms with van der Waals surface area (Å²) in [6.07, 6.45) is -0.358. The fourth-order valence-electron chi connectivity index (χ4n) is 2.35. The summed E-state index contributed by atoms with van der Waals surface area (Å²) in [4.78, 5) is 16.1. The molecule has 0 aromatic rings. The maximum absolute atomic E-state index is 11.5. The molecule has 1 amide bonds. The van der Waals surface area contributed by atoms with Crippen molar-refractivity contribution in [1.82, 2.24) is 15.1 Å². The molecule has 0 radical (unpaired) electrons. The van der Waals surface area contributed by atoms with E-state index in [0.29, 0.717) is 13.1 Å². The third kappa shape index (κ3) is 8.90. The molecule has 2 N–H and O–H groups in total. The quantitative estimate of drug-likeness (QED) is 0.790. The van der Waals surface area contributed by atoms with Gasteiger partial charge in [0.25, 0.3) is 0 Å². The van der Waals surface area contributed by atoms with E-state index in [1.54, 1.807) is 0 Å². The fraction of sp³-hybridized carbons (Fsp3) is 0.933. The van der Waals surface area contributed by atoms with Crippen molar-refractivity contribution in [3.05, 3.63) is 0 Å². The molecule has 1 saturated heterocycles. The average molecular weight is 301 g/mol. The van der Waals surface area contributed by atoms with Crippen LogP contribution in [0.1, 0.15) is 34.6 Å². The Morgan fingerprint density at radius 3 is 2.10 bits per heavy atom. The Bertz CT molecular complexity index is 326. The van der Waals surface area contributed by atoms with Gasteiger partial charge in [0.15, 0.2) is 0 Å². The molecule has 0 saturated carbocycles. The van der Waals surface area contributed by atoms with E-state index in [1.807, 2.05) is 34.6 Å². The third-order valence-electron chi connectivity index (χ3n) is 3.17. The van der Waals surface area contributed by atoms with Gasteiger partial charge >= 0.3 is 6.09 Å². The van der Waals surface area contributed by atoms with Gasteiger partial charge < -0.3 is 15.2 Å². The number of carbonyl (C=O) groups is 1. The van der Waals surface area contributed by atoms with Crippen molar-refractivity contribution in [3.63, 3.8) is 0 Å². The van der Waals surface area contributed by atoms with E-state index < -0.39 is 11.2 Å². The van der Waals surface area contributed by atoms with Crippen LogP contribution < -0.4 is 5.32 Å². The highest BCUT2D eigenvalue weighted by Gasteiger charge is 2.22. The second kappa shape index (κ2) is 7.42. The van der Waals surface area contributed by atoms with E-state index in [9.17, 15) is 9.90 Å². The largest absolute Gasteiger partial charge is 0.444 e. The lowest BCUT2D eigenvalue weighted by atomic mass is 10.1. The predicted molar refractivity (Wildman–Crippen MR) is 83.4 cm³/mol. The van der Waals surface area contributed by atoms with Crippen molar-refractivity contribution in [2.75, 3.05) is 45.8 Å². The van der Waals surface area contributed by atoms with Crippen molar-refractivity contribution in [2.45, 2.75) is 45.8 Å². The molecule has 6 nitrogen and oxygen atoms in total. The van der Waals surface area contributed by atoms with Gasteiger partial charge in [-0.25, -0.2) is 4.79 Å². The van der Waals surface area contributed by atoms with Crippen molar-refractivity contribution in [2.24, 2.45) is 0 Å². The second-order valence-corrected chi connectivity index (χ2v) is 7.36. The van der Waals surface area contributed by atoms with Crippen LogP contribution in [0.5, 0.6) is 0 Å². The zero-order chi connectivity index (χ0) is 16.1. The summed E-state index contributed by atoms with van der Waals surface area (Å²) in [6.45, 7) is 15.2. The molecule has 1 rings (SSSR count). The Balaban J connectivity index is 2.15. The molecule has 0 atom stereocenters. The molecule has 0 unspecified atom stereocenters. The van der Waals surface area contributed by atoms with Crippen molar-refractivity contribution < 1.29 is 14.6 Å². The van der Waals surface area contributed by atoms with Crippen LogP contribution in [0, 0.1) is 0 Å². The SMILES string of the molecule is CC(C)(O)CN1CCN(CCNC(=O)OC(C)(C)C)CC1. The molecule has 0 aliphatic carbocycles. The lowest BCUT2D eigenvalue weighted by Crippen LogP contribution is -2.51. The minimum absolute atomic E-state index is 0.358. The van der Waals surface area contributed by atoms with Crippen LogP contribution in [-0.4, -0.2) is 78.0 Å². The van der Waals surface area contributed by atoms with E-state index in [1.165, 1.54) is 0 Å². The minimum atomic E-state index is -0.638. The molecule has 6 heteroatoms. The molecule has 1 aliphatic heterocycles. The van der Waals surface area contributed by atoms with Gasteiger partial charge in [0, 0.05) is 45.8 Å². The van der Waals surface area contributed by atoms with Crippen LogP contribution in [-0.2, 0) is 4.74 Å². The van der Waals surface area contributed by atoms with Gasteiger partial charge in [-0.2, -0.15) is 0 Å². The molecule has 1 aliphatic rings. The van der Waals surface area contributed by atoms with Gasteiger partial charge in [0.05, 0.1) is 5.60 Å². The molecule has 0 spiro atoms. The second-order valence-electron chi connectivity index (χ2n) is 7.36. The van der Waals surface area contributed by atoms with Gasteiger partial charge in [-0.15, -0.1) is 0 Å². The molecular formula is C15H31N3O3. The van der Waals surface area contributed by atoms with Gasteiger partial charge in [-0.3, -0.25) is 9.80 Å². The zero-order valence-electron chi connectivity index (χ0n) is 14.1. The highest BCUT2D eigenvalue weighted by atomic mass is 16.6. The first kappa shape index (κ1) is 18.2. The molecule has 1 fully saturated rings. The van der Waals surface area contributed by atoms with E-state index in [0.717, 1.165) is 32.7 Å². The summed E-state index contributed by atoms with van der Waals surface area (Å²) in [5.41, 5.74) is -1.09. The van der Waals surface area contributed by atoms with Gasteiger partial charge in [0.2, 0.25) is 0 Å². The molecule has 1 heterocycles. The number of nitrogens with one attached hydrogen (secondary N) is 1. The lowest BCUT2D eigenvalue weighted by Gasteiger charge is -2.37. The Morgan fingerprint density at radius 1 is 1.10 bits per heavy atom. The standard InChI is InChI=1S/C15H31N3O3/c1-14(2,3)21-13(19)16-6-7-17-8-10-18(11-9-17)12-15(4,5)20/h20H,6-12H2,1-5H3,(H,16,19). The highest BCUT2D eigenvalue weighted by molar-refractivity contribution is 5.67. The van der Waals surface area contributed by atoms with Crippen LogP contribution >= 0.6 is 0 Å². The molecule has 0 aromatic carbocycles. The maximum Gasteiger partial charge on any atom is 0.407 e. The number of rotatable bonds is 5. The van der Waals surface area contributed by atoms with E-state index in [4.69, 9.17) is 4.74 Å². The molecule has 124 valence electrons. The normalized spacial score (nSPS) is 18.6. The zero-order valence-corrected chi connectivity index (χ0v) is 14.1. The lowest BCUT2D eigenvalue weighted by molar-refractivity contribution is 0.0174. The van der Waals surface area contributed by atoms with Crippen molar-refractivity contribution in [1.29, 1.82) is 0 Å². The van der Waals surface area contributed by atoms with Crippen molar-refractivity contribution in [3.8, 4) is 0 Å². The Kier molecular flexibility index (Phi) is 6.43. The van der Waals surface area contributed by atoms with E-state index >= 15 is 0 Å². The number of amides is 1. The number of nitrogens with zero attached hydrogens (tertiary/aromatic N) is 2. The summed E-state index contributed by atoms with van der Waals surface area (Å²) in [6, 6.07) is 0. The van der Waals surface area contributed by atoms with Gasteiger partial charge in [-0.1, -0.05) is 0 Å². The fourth-order valence-corrected chi connectivity index (χ4v) is 2.35. The molecule has 0 aromatic heterocycles. The van der Waals surface area contributed by atoms with Gasteiger partial charge in [-0.05, 0) is 34.6 Å². The van der Waals surface area contributed by atoms with Crippen LogP contribution in [0.4, 0.5) is 4.79 Å². The number of β-amino-alcohol motifs (C(OH)–C–C–N with tert-alkyl or cyclic N) is 1. The minimum Gasteiger partial charge on any atom is -0.444 e. The summed E-state index contributed by atoms with van der Waals surface area (Å²) in [5.74, 6) is 0. The number of aliphatic hydroxyl groups is 1.